The second-order valence-corrected chi connectivity index (χ2v) is 16.0. The van der Waals surface area contributed by atoms with Gasteiger partial charge in [0, 0.05) is 52.2 Å². The maximum atomic E-state index is 13.7. The number of amides is 1. The van der Waals surface area contributed by atoms with E-state index in [9.17, 15) is 19.8 Å². The third-order valence-electron chi connectivity index (χ3n) is 10.8. The average molecular weight is 726 g/mol. The summed E-state index contributed by atoms with van der Waals surface area (Å²) >= 11 is 0. The molecule has 0 bridgehead atoms. The van der Waals surface area contributed by atoms with Crippen LogP contribution in [0.3, 0.4) is 0 Å². The Bertz CT molecular complexity index is 1260. The normalized spacial score (nSPS) is 44.8. The lowest BCUT2D eigenvalue weighted by atomic mass is 9.77. The standard InChI is InChI=1S/C37H63N3O11/c1-20(2)38-35-40(11)26-16-22(4)47-34(30(26)50-35)51-32-23(5)29(49-28-18-37(9,45-12)31(42)25(7)48-28)24(6)33(43)46-15-13-14-27(41)39(10)19-21(3)17-36(32,8)44/h13-14,20-26,28-32,34,42,44H,15-19H2,1-12H3/b14-13+,38-35?/t21-,22-,23+,24-,25+,26+,28+,29+,30-,31+,32-,34+,36-,37-/m1/s1. The summed E-state index contributed by atoms with van der Waals surface area (Å²) in [4.78, 5) is 34.8. The largest absolute Gasteiger partial charge is 0.461 e. The van der Waals surface area contributed by atoms with Crippen molar-refractivity contribution in [3.05, 3.63) is 12.2 Å². The number of cyclic esters (lactones) is 1. The van der Waals surface area contributed by atoms with Crippen LogP contribution in [0.5, 0.6) is 0 Å². The first-order chi connectivity index (χ1) is 23.8. The van der Waals surface area contributed by atoms with E-state index in [-0.39, 0.29) is 49.5 Å². The Balaban J connectivity index is 1.76. The van der Waals surface area contributed by atoms with Gasteiger partial charge in [-0.05, 0) is 73.3 Å². The minimum Gasteiger partial charge on any atom is -0.461 e. The molecule has 0 aromatic heterocycles. The highest BCUT2D eigenvalue weighted by atomic mass is 16.7. The summed E-state index contributed by atoms with van der Waals surface area (Å²) in [5, 5.41) is 23.4. The molecule has 0 unspecified atom stereocenters. The molecule has 14 heteroatoms. The zero-order valence-electron chi connectivity index (χ0n) is 32.6. The first kappa shape index (κ1) is 41.4. The molecule has 2 N–H and O–H groups in total. The van der Waals surface area contributed by atoms with E-state index < -0.39 is 72.1 Å². The lowest BCUT2D eigenvalue weighted by Crippen LogP contribution is -2.59. The van der Waals surface area contributed by atoms with E-state index in [0.29, 0.717) is 19.0 Å². The SMILES string of the molecule is CO[C@]1(C)C[C@H](O[C@H]2[C@H](C)[C@@H](O[C@@H]3O[C@H](C)C[C@H]4[C@H]3OC(=NC(C)C)N4C)[C@](C)(O)C[C@@H](C)CN(C)C(=O)/C=C/COC(=O)[C@@H]2C)O[C@@H](C)[C@@H]1O. The highest BCUT2D eigenvalue weighted by molar-refractivity contribution is 5.87. The number of rotatable bonds is 6. The summed E-state index contributed by atoms with van der Waals surface area (Å²) in [6, 6.07) is 0.435. The summed E-state index contributed by atoms with van der Waals surface area (Å²) in [7, 11) is 5.18. The number of esters is 1. The second-order valence-electron chi connectivity index (χ2n) is 16.0. The molecule has 3 saturated heterocycles. The van der Waals surface area contributed by atoms with Crippen molar-refractivity contribution in [3.63, 3.8) is 0 Å². The van der Waals surface area contributed by atoms with E-state index in [2.05, 4.69) is 4.99 Å². The average Bonchev–Trinajstić information content (AvgIpc) is 3.35. The summed E-state index contributed by atoms with van der Waals surface area (Å²) < 4.78 is 43.9. The monoisotopic (exact) mass is 725 g/mol. The van der Waals surface area contributed by atoms with Crippen LogP contribution in [0.15, 0.2) is 17.1 Å². The molecule has 4 aliphatic rings. The number of aliphatic imine (C=N–C) groups is 1. The summed E-state index contributed by atoms with van der Waals surface area (Å²) in [5.41, 5.74) is -2.49. The maximum Gasteiger partial charge on any atom is 0.311 e. The van der Waals surface area contributed by atoms with Gasteiger partial charge in [0.2, 0.25) is 5.91 Å². The Kier molecular flexibility index (Phi) is 13.6. The molecule has 0 aromatic rings. The quantitative estimate of drug-likeness (QED) is 0.387. The maximum absolute atomic E-state index is 13.7. The molecular weight excluding hydrogens is 662 g/mol. The van der Waals surface area contributed by atoms with Crippen molar-refractivity contribution in [2.75, 3.05) is 34.4 Å². The molecule has 292 valence electrons. The topological polar surface area (TPSA) is 158 Å². The lowest BCUT2D eigenvalue weighted by Gasteiger charge is -2.48. The predicted molar refractivity (Wildman–Crippen MR) is 189 cm³/mol. The Labute approximate surface area is 303 Å². The molecule has 51 heavy (non-hydrogen) atoms. The van der Waals surface area contributed by atoms with Gasteiger partial charge in [-0.25, -0.2) is 4.99 Å². The van der Waals surface area contributed by atoms with Crippen molar-refractivity contribution in [3.8, 4) is 0 Å². The molecule has 0 spiro atoms. The number of amidine groups is 1. The van der Waals surface area contributed by atoms with E-state index in [1.165, 1.54) is 19.3 Å². The first-order valence-electron chi connectivity index (χ1n) is 18.4. The molecule has 3 fully saturated rings. The summed E-state index contributed by atoms with van der Waals surface area (Å²) in [6.45, 7) is 17.0. The number of aliphatic hydroxyl groups is 2. The molecule has 14 atom stereocenters. The Morgan fingerprint density at radius 3 is 2.37 bits per heavy atom. The minimum atomic E-state index is -1.51. The van der Waals surface area contributed by atoms with E-state index in [1.54, 1.807) is 39.6 Å². The summed E-state index contributed by atoms with van der Waals surface area (Å²) in [6.07, 6.45) is -1.89. The lowest BCUT2D eigenvalue weighted by molar-refractivity contribution is -0.313. The van der Waals surface area contributed by atoms with Gasteiger partial charge in [-0.15, -0.1) is 0 Å². The van der Waals surface area contributed by atoms with Crippen molar-refractivity contribution in [2.24, 2.45) is 22.7 Å². The number of methoxy groups -OCH3 is 1. The fourth-order valence-electron chi connectivity index (χ4n) is 8.06. The van der Waals surface area contributed by atoms with Crippen molar-refractivity contribution in [2.45, 2.75) is 154 Å². The van der Waals surface area contributed by atoms with Gasteiger partial charge in [0.1, 0.15) is 12.7 Å². The number of nitrogens with zero attached hydrogens (tertiary/aromatic N) is 3. The highest BCUT2D eigenvalue weighted by Gasteiger charge is 2.54. The van der Waals surface area contributed by atoms with Crippen LogP contribution >= 0.6 is 0 Å². The molecule has 4 rings (SSSR count). The number of likely N-dealkylation sites (N-methyl/N-ethyl adjacent to an activating group) is 2. The van der Waals surface area contributed by atoms with E-state index >= 15 is 0 Å². The van der Waals surface area contributed by atoms with Crippen molar-refractivity contribution in [1.82, 2.24) is 9.80 Å². The van der Waals surface area contributed by atoms with Gasteiger partial charge in [-0.1, -0.05) is 13.8 Å². The van der Waals surface area contributed by atoms with Crippen LogP contribution in [0.2, 0.25) is 0 Å². The smallest absolute Gasteiger partial charge is 0.311 e. The molecule has 14 nitrogen and oxygen atoms in total. The third kappa shape index (κ3) is 9.62. The van der Waals surface area contributed by atoms with E-state index in [4.69, 9.17) is 33.2 Å². The molecule has 0 aromatic carbocycles. The second kappa shape index (κ2) is 16.8. The van der Waals surface area contributed by atoms with Gasteiger partial charge in [-0.2, -0.15) is 0 Å². The Morgan fingerprint density at radius 1 is 1.04 bits per heavy atom. The molecular formula is C37H63N3O11. The molecule has 0 saturated carbocycles. The van der Waals surface area contributed by atoms with E-state index in [1.807, 2.05) is 46.6 Å². The molecule has 1 amide bonds. The van der Waals surface area contributed by atoms with Gasteiger partial charge in [0.05, 0.1) is 47.6 Å². The van der Waals surface area contributed by atoms with Gasteiger partial charge in [0.15, 0.2) is 18.7 Å². The van der Waals surface area contributed by atoms with Crippen LogP contribution in [0.4, 0.5) is 0 Å². The molecule has 0 radical (unpaired) electrons. The van der Waals surface area contributed by atoms with Crippen LogP contribution in [-0.4, -0.2) is 145 Å². The first-order valence-corrected chi connectivity index (χ1v) is 18.4. The fraction of sp³-hybridized carbons (Fsp3) is 0.865. The number of carbonyl (C=O) groups is 2. The van der Waals surface area contributed by atoms with Crippen molar-refractivity contribution < 1.29 is 53.0 Å². The number of aliphatic hydroxyl groups excluding tert-OH is 1. The molecule has 4 aliphatic heterocycles. The number of fused-ring (bicyclic) bond motifs is 1. The minimum absolute atomic E-state index is 0.0107. The van der Waals surface area contributed by atoms with Crippen LogP contribution in [0, 0.1) is 17.8 Å². The zero-order chi connectivity index (χ0) is 38.0. The van der Waals surface area contributed by atoms with Crippen molar-refractivity contribution >= 4 is 17.9 Å². The Morgan fingerprint density at radius 2 is 1.73 bits per heavy atom. The number of carbonyl (C=O) groups excluding carboxylic acids is 2. The van der Waals surface area contributed by atoms with Gasteiger partial charge < -0.3 is 53.2 Å². The third-order valence-corrected chi connectivity index (χ3v) is 10.8. The van der Waals surface area contributed by atoms with Gasteiger partial charge >= 0.3 is 5.97 Å². The Hall–Kier alpha value is -2.33. The van der Waals surface area contributed by atoms with Crippen molar-refractivity contribution in [1.29, 1.82) is 0 Å². The molecule has 0 aliphatic carbocycles. The highest BCUT2D eigenvalue weighted by Crippen LogP contribution is 2.40. The van der Waals surface area contributed by atoms with Gasteiger partial charge in [-0.3, -0.25) is 9.59 Å². The fourth-order valence-corrected chi connectivity index (χ4v) is 8.06. The summed E-state index contributed by atoms with van der Waals surface area (Å²) in [5.74, 6) is -2.48. The van der Waals surface area contributed by atoms with Crippen LogP contribution in [0.1, 0.15) is 81.6 Å². The number of hydrogen-bond acceptors (Lipinski definition) is 12. The molecule has 4 heterocycles. The van der Waals surface area contributed by atoms with Crippen LogP contribution in [-0.2, 0) is 42.7 Å². The van der Waals surface area contributed by atoms with Crippen LogP contribution < -0.4 is 0 Å². The van der Waals surface area contributed by atoms with Crippen LogP contribution in [0.25, 0.3) is 0 Å². The number of ether oxygens (including phenoxy) is 7. The van der Waals surface area contributed by atoms with E-state index in [0.717, 1.165) is 0 Å². The number of hydrogen-bond donors (Lipinski definition) is 2. The zero-order valence-corrected chi connectivity index (χ0v) is 32.6. The predicted octanol–water partition coefficient (Wildman–Crippen LogP) is 2.88. The van der Waals surface area contributed by atoms with Gasteiger partial charge in [0.25, 0.3) is 6.02 Å².